The maximum absolute atomic E-state index is 8.59. The van der Waals surface area contributed by atoms with Crippen LogP contribution < -0.4 is 0 Å². The molecule has 1 N–H and O–H groups in total. The summed E-state index contributed by atoms with van der Waals surface area (Å²) in [4.78, 5) is 3.26. The largest absolute Gasteiger partial charge is 0.343 e. The number of benzene rings is 3. The molecule has 3 aromatic rings. The van der Waals surface area contributed by atoms with Crippen molar-refractivity contribution >= 4 is 16.9 Å². The van der Waals surface area contributed by atoms with Gasteiger partial charge in [0.05, 0.1) is 0 Å². The van der Waals surface area contributed by atoms with Crippen molar-refractivity contribution < 1.29 is 0 Å². The molecular weight excluding hydrogens is 312 g/mol. The van der Waals surface area contributed by atoms with Crippen LogP contribution >= 0.6 is 11.8 Å². The fourth-order valence-electron chi connectivity index (χ4n) is 3.12. The second kappa shape index (κ2) is 6.54. The van der Waals surface area contributed by atoms with E-state index in [1.54, 1.807) is 0 Å². The predicted molar refractivity (Wildman–Crippen MR) is 101 cm³/mol. The van der Waals surface area contributed by atoms with Gasteiger partial charge in [0.1, 0.15) is 0 Å². The van der Waals surface area contributed by atoms with Crippen LogP contribution in [0.5, 0.6) is 0 Å². The van der Waals surface area contributed by atoms with E-state index in [9.17, 15) is 0 Å². The van der Waals surface area contributed by atoms with Crippen LogP contribution in [0.25, 0.3) is 11.1 Å². The van der Waals surface area contributed by atoms with E-state index in [1.165, 1.54) is 34.0 Å². The van der Waals surface area contributed by atoms with Gasteiger partial charge in [-0.1, -0.05) is 78.5 Å². The van der Waals surface area contributed by atoms with Crippen LogP contribution in [0.1, 0.15) is 11.1 Å². The smallest absolute Gasteiger partial charge is 0.161 e. The maximum Gasteiger partial charge on any atom is 0.161 e. The molecule has 0 radical (unpaired) electrons. The summed E-state index contributed by atoms with van der Waals surface area (Å²) in [6.07, 6.45) is 0. The minimum Gasteiger partial charge on any atom is -0.343 e. The molecule has 3 heteroatoms. The zero-order chi connectivity index (χ0) is 16.4. The molecule has 0 bridgehead atoms. The Morgan fingerprint density at radius 3 is 1.79 bits per heavy atom. The van der Waals surface area contributed by atoms with Crippen molar-refractivity contribution in [3.05, 3.63) is 90.0 Å². The highest BCUT2D eigenvalue weighted by atomic mass is 32.2. The third kappa shape index (κ3) is 2.95. The summed E-state index contributed by atoms with van der Waals surface area (Å²) in [5, 5.41) is 9.18. The quantitative estimate of drug-likeness (QED) is 0.367. The van der Waals surface area contributed by atoms with Crippen LogP contribution in [0.3, 0.4) is 0 Å². The van der Waals surface area contributed by atoms with Gasteiger partial charge in [-0.05, 0) is 34.4 Å². The molecule has 1 aliphatic rings. The second-order valence-corrected chi connectivity index (χ2v) is 6.95. The van der Waals surface area contributed by atoms with Gasteiger partial charge in [-0.25, -0.2) is 0 Å². The van der Waals surface area contributed by atoms with Gasteiger partial charge in [0.15, 0.2) is 5.17 Å². The van der Waals surface area contributed by atoms with E-state index in [2.05, 4.69) is 65.6 Å². The number of rotatable bonds is 1. The Hall–Kier alpha value is -2.52. The van der Waals surface area contributed by atoms with Gasteiger partial charge in [-0.15, -0.1) is 0 Å². The molecule has 0 spiro atoms. The Morgan fingerprint density at radius 2 is 1.21 bits per heavy atom. The Kier molecular flexibility index (Phi) is 4.09. The van der Waals surface area contributed by atoms with Gasteiger partial charge in [0, 0.05) is 18.0 Å². The summed E-state index contributed by atoms with van der Waals surface area (Å²) in [6.45, 7) is 1.53. The monoisotopic (exact) mass is 330 g/mol. The van der Waals surface area contributed by atoms with Crippen LogP contribution in [0, 0.1) is 5.41 Å². The Labute approximate surface area is 146 Å². The van der Waals surface area contributed by atoms with E-state index in [0.29, 0.717) is 5.17 Å². The van der Waals surface area contributed by atoms with Gasteiger partial charge in [0.2, 0.25) is 0 Å². The van der Waals surface area contributed by atoms with E-state index in [0.717, 1.165) is 18.0 Å². The molecule has 0 saturated carbocycles. The molecular formula is C21H18N2S. The summed E-state index contributed by atoms with van der Waals surface area (Å²) >= 11 is 1.52. The van der Waals surface area contributed by atoms with Crippen molar-refractivity contribution in [2.24, 2.45) is 0 Å². The number of hydrogen-bond donors (Lipinski definition) is 1. The molecule has 0 aromatic heterocycles. The third-order valence-corrected chi connectivity index (χ3v) is 5.25. The number of nitrogens with zero attached hydrogens (tertiary/aromatic N) is 1. The molecule has 118 valence electrons. The van der Waals surface area contributed by atoms with Crippen LogP contribution in [0.4, 0.5) is 0 Å². The topological polar surface area (TPSA) is 27.1 Å². The lowest BCUT2D eigenvalue weighted by atomic mass is 9.97. The van der Waals surface area contributed by atoms with E-state index in [-0.39, 0.29) is 0 Å². The van der Waals surface area contributed by atoms with Crippen molar-refractivity contribution in [3.8, 4) is 11.1 Å². The summed E-state index contributed by atoms with van der Waals surface area (Å²) in [5.41, 5.74) is 5.13. The molecule has 0 saturated heterocycles. The number of nitrogens with one attached hydrogen (secondary N) is 1. The van der Waals surface area contributed by atoms with Crippen molar-refractivity contribution in [1.29, 1.82) is 5.41 Å². The summed E-state index contributed by atoms with van der Waals surface area (Å²) in [5.74, 6) is 0. The SMILES string of the molecule is N=C(Sc1ccccc1)N1Cc2ccccc2-c2ccccc2C1. The van der Waals surface area contributed by atoms with Crippen LogP contribution in [-0.4, -0.2) is 10.1 Å². The lowest BCUT2D eigenvalue weighted by Gasteiger charge is -2.23. The van der Waals surface area contributed by atoms with Crippen LogP contribution in [-0.2, 0) is 13.1 Å². The summed E-state index contributed by atoms with van der Waals surface area (Å²) in [7, 11) is 0. The highest BCUT2D eigenvalue weighted by Crippen LogP contribution is 2.34. The Balaban J connectivity index is 1.68. The van der Waals surface area contributed by atoms with Crippen molar-refractivity contribution in [3.63, 3.8) is 0 Å². The molecule has 3 aromatic carbocycles. The maximum atomic E-state index is 8.59. The zero-order valence-electron chi connectivity index (χ0n) is 13.3. The van der Waals surface area contributed by atoms with Crippen molar-refractivity contribution in [2.45, 2.75) is 18.0 Å². The molecule has 0 unspecified atom stereocenters. The highest BCUT2D eigenvalue weighted by Gasteiger charge is 2.21. The fraction of sp³-hybridized carbons (Fsp3) is 0.0952. The van der Waals surface area contributed by atoms with E-state index >= 15 is 0 Å². The van der Waals surface area contributed by atoms with Gasteiger partial charge in [-0.2, -0.15) is 0 Å². The zero-order valence-corrected chi connectivity index (χ0v) is 14.1. The standard InChI is InChI=1S/C21H18N2S/c22-21(24-18-10-2-1-3-11-18)23-14-16-8-4-6-12-19(16)20-13-7-5-9-17(20)15-23/h1-13,22H,14-15H2. The minimum atomic E-state index is 0.590. The Bertz CT molecular complexity index is 826. The fourth-order valence-corrected chi connectivity index (χ4v) is 3.89. The van der Waals surface area contributed by atoms with Crippen LogP contribution in [0.15, 0.2) is 83.8 Å². The predicted octanol–water partition coefficient (Wildman–Crippen LogP) is 5.40. The first-order valence-electron chi connectivity index (χ1n) is 8.04. The molecule has 4 rings (SSSR count). The Morgan fingerprint density at radius 1 is 0.708 bits per heavy atom. The van der Waals surface area contributed by atoms with Gasteiger partial charge in [-0.3, -0.25) is 5.41 Å². The van der Waals surface area contributed by atoms with Gasteiger partial charge in [0.25, 0.3) is 0 Å². The molecule has 24 heavy (non-hydrogen) atoms. The van der Waals surface area contributed by atoms with E-state index < -0.39 is 0 Å². The first-order valence-corrected chi connectivity index (χ1v) is 8.85. The van der Waals surface area contributed by atoms with Crippen molar-refractivity contribution in [2.75, 3.05) is 0 Å². The number of amidine groups is 1. The second-order valence-electron chi connectivity index (χ2n) is 5.89. The summed E-state index contributed by atoms with van der Waals surface area (Å²) < 4.78 is 0. The lowest BCUT2D eigenvalue weighted by molar-refractivity contribution is 0.417. The highest BCUT2D eigenvalue weighted by molar-refractivity contribution is 8.13. The lowest BCUT2D eigenvalue weighted by Crippen LogP contribution is -2.26. The minimum absolute atomic E-state index is 0.590. The average Bonchev–Trinajstić information content (AvgIpc) is 2.79. The molecule has 0 atom stereocenters. The van der Waals surface area contributed by atoms with E-state index in [1.807, 2.05) is 18.2 Å². The van der Waals surface area contributed by atoms with Crippen LogP contribution in [0.2, 0.25) is 0 Å². The number of hydrogen-bond acceptors (Lipinski definition) is 2. The molecule has 1 aliphatic heterocycles. The molecule has 1 heterocycles. The molecule has 0 aliphatic carbocycles. The number of thioether (sulfide) groups is 1. The summed E-state index contributed by atoms with van der Waals surface area (Å²) in [6, 6.07) is 27.2. The van der Waals surface area contributed by atoms with Gasteiger partial charge < -0.3 is 4.90 Å². The molecule has 0 amide bonds. The van der Waals surface area contributed by atoms with E-state index in [4.69, 9.17) is 5.41 Å². The first-order chi connectivity index (χ1) is 11.8. The number of fused-ring (bicyclic) bond motifs is 3. The normalized spacial score (nSPS) is 12.9. The average molecular weight is 330 g/mol. The molecule has 0 fully saturated rings. The van der Waals surface area contributed by atoms with Gasteiger partial charge >= 0.3 is 0 Å². The third-order valence-electron chi connectivity index (χ3n) is 4.29. The first kappa shape index (κ1) is 15.0. The molecule has 2 nitrogen and oxygen atoms in total. The van der Waals surface area contributed by atoms with Crippen molar-refractivity contribution in [1.82, 2.24) is 4.90 Å².